The topological polar surface area (TPSA) is 417 Å². The minimum absolute atomic E-state index is 0.00411. The van der Waals surface area contributed by atoms with Crippen molar-refractivity contribution >= 4 is 114 Å². The summed E-state index contributed by atoms with van der Waals surface area (Å²) in [5.74, 6) is -5.33. The number of fused-ring (bicyclic) bond motifs is 4. The van der Waals surface area contributed by atoms with Crippen molar-refractivity contribution in [1.29, 1.82) is 0 Å². The van der Waals surface area contributed by atoms with E-state index in [4.69, 9.17) is 23.7 Å². The summed E-state index contributed by atoms with van der Waals surface area (Å²) in [6.07, 6.45) is 15.1. The Morgan fingerprint density at radius 3 is 1.11 bits per heavy atom. The summed E-state index contributed by atoms with van der Waals surface area (Å²) in [6, 6.07) is 48.6. The van der Waals surface area contributed by atoms with Crippen molar-refractivity contribution < 1.29 is 81.8 Å². The fourth-order valence-electron chi connectivity index (χ4n) is 14.9. The molecular weight excluding hydrogens is 1590 g/mol. The molecule has 0 spiro atoms. The van der Waals surface area contributed by atoms with E-state index in [-0.39, 0.29) is 124 Å². The van der Waals surface area contributed by atoms with Gasteiger partial charge in [-0.15, -0.1) is 0 Å². The van der Waals surface area contributed by atoms with Gasteiger partial charge in [0.15, 0.2) is 0 Å². The van der Waals surface area contributed by atoms with E-state index < -0.39 is 71.5 Å². The lowest BCUT2D eigenvalue weighted by atomic mass is 10.0. The van der Waals surface area contributed by atoms with Gasteiger partial charge in [-0.1, -0.05) is 136 Å². The number of para-hydroxylation sites is 4. The van der Waals surface area contributed by atoms with Crippen LogP contribution in [0.1, 0.15) is 131 Å². The Morgan fingerprint density at radius 1 is 0.352 bits per heavy atom. The number of anilines is 2. The minimum Gasteiger partial charge on any atom is -0.497 e. The quantitative estimate of drug-likeness (QED) is 0.0157. The molecule has 4 heterocycles. The van der Waals surface area contributed by atoms with Crippen LogP contribution in [0.3, 0.4) is 0 Å². The van der Waals surface area contributed by atoms with Crippen LogP contribution < -0.4 is 61.5 Å². The highest BCUT2D eigenvalue weighted by Crippen LogP contribution is 2.32. The molecule has 4 atom stereocenters. The van der Waals surface area contributed by atoms with E-state index in [1.807, 2.05) is 109 Å². The number of aromatic amines is 4. The number of hydrogen-bond donors (Lipinski definition) is 14. The first-order valence-electron chi connectivity index (χ1n) is 42.2. The molecule has 12 rings (SSSR count). The number of H-pyrrole nitrogens is 4. The lowest BCUT2D eigenvalue weighted by molar-refractivity contribution is -0.140. The molecule has 4 aromatic heterocycles. The number of nitrogens with one attached hydrogen (secondary N) is 12. The fourth-order valence-corrected chi connectivity index (χ4v) is 14.9. The van der Waals surface area contributed by atoms with Gasteiger partial charge < -0.3 is 96.4 Å². The highest BCUT2D eigenvalue weighted by molar-refractivity contribution is 6.03. The number of hydrogen-bond acceptors (Lipinski definition) is 15. The van der Waals surface area contributed by atoms with E-state index in [9.17, 15) is 58.2 Å². The highest BCUT2D eigenvalue weighted by Gasteiger charge is 2.30. The largest absolute Gasteiger partial charge is 0.497 e. The first kappa shape index (κ1) is 90.0. The second-order valence-electron chi connectivity index (χ2n) is 30.7. The summed E-state index contributed by atoms with van der Waals surface area (Å²) in [6.45, 7) is 1.70. The molecule has 0 radical (unpaired) electrons. The van der Waals surface area contributed by atoms with Crippen LogP contribution in [0.2, 0.25) is 0 Å². The van der Waals surface area contributed by atoms with E-state index >= 15 is 0 Å². The van der Waals surface area contributed by atoms with Crippen molar-refractivity contribution in [2.75, 3.05) is 64.4 Å². The van der Waals surface area contributed by atoms with Crippen molar-refractivity contribution in [2.45, 2.75) is 140 Å². The maximum absolute atomic E-state index is 14.5. The fraction of sp³-hybridized carbons (Fsp3) is 0.312. The standard InChI is InChI=1S/C96H106N12O17/c1-121-69-33-27-61(28-34-69)51-81(93(115)105-79-37-31-63(55-85(79)124-48-43-65-57-99-75-23-13-9-19-71(65)75)91(113)107-83(95(117)118)53-67-59-101-77-25-15-11-21-73(67)77)103-89(111)41-39-87(109)97-45-17-7-5-3-4-6-8-18-47-123-50-46-98-88(110)40-42-90(112)104-82(52-62-29-35-70(122-2)36-30-62)94(116)106-80-38-32-64(56-86(80)125-49-44-66-58-100-76-24-14-10-20-72(66)76)92(114)108-84(96(119)120)54-68-60-102-78-26-16-12-22-74(68)78/h9-16,19-38,55-60,81-84,99-102H,3-8,17-18,39-54H2,1-2H3,(H,97,109)(H,98,110)(H,103,111)(H,104,112)(H,105,115)(H,106,116)(H,107,113)(H,108,114)(H,117,118)(H,119,120)/t81-,82-,83-,84-/m0/s1. The maximum Gasteiger partial charge on any atom is 0.326 e. The summed E-state index contributed by atoms with van der Waals surface area (Å²) in [5, 5.41) is 46.7. The summed E-state index contributed by atoms with van der Waals surface area (Å²) in [4.78, 5) is 148. The zero-order chi connectivity index (χ0) is 87.8. The van der Waals surface area contributed by atoms with Crippen LogP contribution in [-0.4, -0.2) is 167 Å². The van der Waals surface area contributed by atoms with Crippen LogP contribution >= 0.6 is 0 Å². The SMILES string of the molecule is COc1ccc(C[C@H](NC(=O)CCC(=O)NCCCCCCCCCCOCCNC(=O)CCC(=O)N[C@@H](Cc2ccc(OC)cc2)C(=O)Nc2ccc(C(=O)N[C@@H](Cc3c[nH]c4ccccc34)C(=O)O)cc2OCCc2c[nH]c3ccccc23)C(=O)Nc2ccc(C(=O)N[C@@H](Cc3c[nH]c4ccccc34)C(=O)O)cc2OCCc2c[nH]c3ccccc23)cc1. The molecule has 14 N–H and O–H groups in total. The molecule has 0 aliphatic carbocycles. The molecule has 0 saturated heterocycles. The summed E-state index contributed by atoms with van der Waals surface area (Å²) in [7, 11) is 3.07. The third-order valence-corrected chi connectivity index (χ3v) is 21.8. The molecule has 0 bridgehead atoms. The number of benzene rings is 8. The lowest BCUT2D eigenvalue weighted by Crippen LogP contribution is -2.45. The van der Waals surface area contributed by atoms with Crippen LogP contribution in [0, 0.1) is 0 Å². The Hall–Kier alpha value is -14.2. The lowest BCUT2D eigenvalue weighted by Gasteiger charge is -2.21. The van der Waals surface area contributed by atoms with Crippen LogP contribution in [0.15, 0.2) is 207 Å². The Balaban J connectivity index is 0.543. The monoisotopic (exact) mass is 1700 g/mol. The molecule has 29 heteroatoms. The summed E-state index contributed by atoms with van der Waals surface area (Å²) >= 11 is 0. The van der Waals surface area contributed by atoms with Gasteiger partial charge >= 0.3 is 11.9 Å². The molecule has 0 unspecified atom stereocenters. The minimum atomic E-state index is -1.29. The zero-order valence-corrected chi connectivity index (χ0v) is 69.9. The van der Waals surface area contributed by atoms with Crippen LogP contribution in [0.4, 0.5) is 11.4 Å². The van der Waals surface area contributed by atoms with Gasteiger partial charge in [-0.2, -0.15) is 0 Å². The molecule has 12 aromatic rings. The molecular formula is C96H106N12O17. The molecule has 0 fully saturated rings. The Labute approximate surface area is 722 Å². The van der Waals surface area contributed by atoms with Gasteiger partial charge in [0, 0.05) is 163 Å². The highest BCUT2D eigenvalue weighted by atomic mass is 16.5. The number of aliphatic carboxylic acids is 2. The van der Waals surface area contributed by atoms with E-state index in [1.54, 1.807) is 60.9 Å². The number of carboxylic acid groups (broad SMARTS) is 2. The molecule has 125 heavy (non-hydrogen) atoms. The second kappa shape index (κ2) is 45.6. The first-order valence-corrected chi connectivity index (χ1v) is 42.2. The van der Waals surface area contributed by atoms with Crippen molar-refractivity contribution in [3.63, 3.8) is 0 Å². The van der Waals surface area contributed by atoms with Gasteiger partial charge in [0.1, 0.15) is 47.2 Å². The molecule has 0 aliphatic heterocycles. The number of amides is 8. The zero-order valence-electron chi connectivity index (χ0n) is 69.9. The van der Waals surface area contributed by atoms with Gasteiger partial charge in [-0.3, -0.25) is 38.4 Å². The summed E-state index contributed by atoms with van der Waals surface area (Å²) in [5.41, 5.74) is 8.88. The average Bonchev–Trinajstić information content (AvgIpc) is 1.78. The number of rotatable bonds is 50. The molecule has 29 nitrogen and oxygen atoms in total. The number of ether oxygens (including phenoxy) is 5. The Bertz CT molecular complexity index is 5350. The first-order chi connectivity index (χ1) is 60.8. The van der Waals surface area contributed by atoms with E-state index in [0.717, 1.165) is 106 Å². The molecule has 8 aromatic carbocycles. The third kappa shape index (κ3) is 26.4. The molecule has 0 saturated carbocycles. The van der Waals surface area contributed by atoms with Crippen molar-refractivity contribution in [3.8, 4) is 23.0 Å². The number of aromatic nitrogens is 4. The predicted molar refractivity (Wildman–Crippen MR) is 476 cm³/mol. The number of carbonyl (C=O) groups excluding carboxylic acids is 8. The third-order valence-electron chi connectivity index (χ3n) is 21.8. The second-order valence-corrected chi connectivity index (χ2v) is 30.7. The van der Waals surface area contributed by atoms with Gasteiger partial charge in [0.25, 0.3) is 11.8 Å². The maximum atomic E-state index is 14.5. The van der Waals surface area contributed by atoms with Crippen LogP contribution in [0.5, 0.6) is 23.0 Å². The van der Waals surface area contributed by atoms with Gasteiger partial charge in [0.05, 0.1) is 45.4 Å². The van der Waals surface area contributed by atoms with Crippen LogP contribution in [-0.2, 0) is 81.6 Å². The van der Waals surface area contributed by atoms with Crippen molar-refractivity contribution in [3.05, 3.63) is 251 Å². The predicted octanol–water partition coefficient (Wildman–Crippen LogP) is 12.7. The van der Waals surface area contributed by atoms with Gasteiger partial charge in [-0.05, 0) is 131 Å². The van der Waals surface area contributed by atoms with E-state index in [1.165, 1.54) is 50.6 Å². The molecule has 652 valence electrons. The smallest absolute Gasteiger partial charge is 0.326 e. The van der Waals surface area contributed by atoms with Crippen LogP contribution in [0.25, 0.3) is 43.6 Å². The van der Waals surface area contributed by atoms with Crippen molar-refractivity contribution in [1.82, 2.24) is 51.8 Å². The Morgan fingerprint density at radius 2 is 0.712 bits per heavy atom. The molecule has 8 amide bonds. The molecule has 0 aliphatic rings. The number of carbonyl (C=O) groups is 10. The normalized spacial score (nSPS) is 12.2. The van der Waals surface area contributed by atoms with Gasteiger partial charge in [0.2, 0.25) is 35.4 Å². The Kier molecular flexibility index (Phi) is 32.8. The average molecular weight is 1700 g/mol. The van der Waals surface area contributed by atoms with Gasteiger partial charge in [-0.25, -0.2) is 9.59 Å². The van der Waals surface area contributed by atoms with E-state index in [2.05, 4.69) is 62.5 Å². The van der Waals surface area contributed by atoms with E-state index in [0.29, 0.717) is 59.7 Å². The summed E-state index contributed by atoms with van der Waals surface area (Å²) < 4.78 is 29.2. The number of carboxylic acids is 2. The van der Waals surface area contributed by atoms with Crippen molar-refractivity contribution in [2.24, 2.45) is 0 Å². The number of unbranched alkanes of at least 4 members (excludes halogenated alkanes) is 7. The number of methoxy groups -OCH3 is 2.